The Labute approximate surface area is 485 Å². The molecule has 7 aromatic rings. The lowest BCUT2D eigenvalue weighted by Gasteiger charge is -2.04. The number of hydrogen-bond acceptors (Lipinski definition) is 11. The third-order valence-corrected chi connectivity index (χ3v) is 22.9. The standard InChI is InChI=1S/C64H86N4O3S6/c1-7-12-17-22-29-45-38-44(6)72-59(45)54-40-47(31-24-19-14-9-3)61(75-54)56-42-49(33-26-21-16-11-5)62(77-56)57-41-48(32-25-20-15-10-4)60(76-57)55-39-46(30-23-18-13-8-2)58(74-55)53-36-35-52(73-53)51-43-68(67-66-51)37-28-27-34-50-63(69)71-64(70)65-50/h35-36,38-43,50H,7-34,37H2,1-6H3,(H,65,70)/t50-/m0/s1. The third kappa shape index (κ3) is 16.5. The zero-order valence-corrected chi connectivity index (χ0v) is 52.1. The number of alkyl carbamates (subject to hydrolysis) is 1. The number of aromatic nitrogens is 3. The van der Waals surface area contributed by atoms with Crippen LogP contribution in [0.3, 0.4) is 0 Å². The second-order valence-electron chi connectivity index (χ2n) is 21.6. The van der Waals surface area contributed by atoms with Crippen molar-refractivity contribution in [1.82, 2.24) is 20.3 Å². The largest absolute Gasteiger partial charge is 0.415 e. The first-order chi connectivity index (χ1) is 37.7. The van der Waals surface area contributed by atoms with E-state index in [-0.39, 0.29) is 0 Å². The lowest BCUT2D eigenvalue weighted by atomic mass is 10.0. The first kappa shape index (κ1) is 59.4. The van der Waals surface area contributed by atoms with Gasteiger partial charge in [0, 0.05) is 60.2 Å². The molecule has 77 heavy (non-hydrogen) atoms. The predicted octanol–water partition coefficient (Wildman–Crippen LogP) is 21.4. The lowest BCUT2D eigenvalue weighted by Crippen LogP contribution is -2.28. The summed E-state index contributed by atoms with van der Waals surface area (Å²) in [5.74, 6) is -0.484. The topological polar surface area (TPSA) is 86.1 Å². The number of rotatable bonds is 36. The van der Waals surface area contributed by atoms with E-state index in [1.807, 2.05) is 44.9 Å². The highest BCUT2D eigenvalue weighted by atomic mass is 32.1. The van der Waals surface area contributed by atoms with Crippen molar-refractivity contribution in [2.45, 2.75) is 234 Å². The lowest BCUT2D eigenvalue weighted by molar-refractivity contribution is -0.135. The van der Waals surface area contributed by atoms with Crippen molar-refractivity contribution in [3.05, 3.63) is 81.4 Å². The van der Waals surface area contributed by atoms with Crippen LogP contribution in [0.15, 0.2) is 48.7 Å². The number of thiophene rings is 6. The number of aryl methyl sites for hydroxylation is 7. The molecule has 1 amide bonds. The summed E-state index contributed by atoms with van der Waals surface area (Å²) in [7, 11) is 0. The number of carbonyl (C=O) groups excluding carboxylic acids is 2. The normalized spacial score (nSPS) is 13.7. The maximum Gasteiger partial charge on any atom is 0.415 e. The Morgan fingerprint density at radius 3 is 1.29 bits per heavy atom. The minimum absolute atomic E-state index is 0.484. The van der Waals surface area contributed by atoms with Crippen molar-refractivity contribution in [1.29, 1.82) is 0 Å². The van der Waals surface area contributed by atoms with Crippen LogP contribution in [0, 0.1) is 6.92 Å². The van der Waals surface area contributed by atoms with E-state index in [0.29, 0.717) is 13.0 Å². The van der Waals surface area contributed by atoms with Crippen LogP contribution in [0.2, 0.25) is 0 Å². The van der Waals surface area contributed by atoms with Gasteiger partial charge in [0.05, 0.1) is 11.1 Å². The predicted molar refractivity (Wildman–Crippen MR) is 336 cm³/mol. The van der Waals surface area contributed by atoms with Crippen molar-refractivity contribution in [3.8, 4) is 59.3 Å². The number of unbranched alkanes of at least 4 members (excludes halogenated alkanes) is 16. The monoisotopic (exact) mass is 1150 g/mol. The summed E-state index contributed by atoms with van der Waals surface area (Å²) < 4.78 is 6.54. The Hall–Kier alpha value is -3.72. The highest BCUT2D eigenvalue weighted by Crippen LogP contribution is 2.52. The van der Waals surface area contributed by atoms with E-state index in [4.69, 9.17) is 0 Å². The van der Waals surface area contributed by atoms with Gasteiger partial charge in [0.15, 0.2) is 0 Å². The summed E-state index contributed by atoms with van der Waals surface area (Å²) in [5.41, 5.74) is 8.58. The molecule has 0 aliphatic carbocycles. The van der Waals surface area contributed by atoms with Crippen LogP contribution in [0.4, 0.5) is 4.79 Å². The van der Waals surface area contributed by atoms with Crippen LogP contribution in [0.5, 0.6) is 0 Å². The van der Waals surface area contributed by atoms with Gasteiger partial charge >= 0.3 is 12.1 Å². The maximum atomic E-state index is 11.9. The van der Waals surface area contributed by atoms with E-state index in [2.05, 4.69) is 138 Å². The SMILES string of the molecule is CCCCCCc1cc(C)sc1-c1cc(CCCCCC)c(-c2cc(CCCCCC)c(-c3cc(CCCCCC)c(-c4cc(CCCCCC)c(-c5ccc(-c6cn(CCCC[C@@H]7NC(=O)OC7=O)nn6)s5)s4)s3)s2)s1. The minimum Gasteiger partial charge on any atom is -0.375 e. The number of hydrogen-bond donors (Lipinski definition) is 1. The summed E-state index contributed by atoms with van der Waals surface area (Å²) in [5, 5.41) is 11.7. The Balaban J connectivity index is 1.12. The second kappa shape index (κ2) is 30.8. The van der Waals surface area contributed by atoms with E-state index in [1.165, 1.54) is 200 Å². The van der Waals surface area contributed by atoms with Crippen LogP contribution in [0.25, 0.3) is 59.3 Å². The van der Waals surface area contributed by atoms with E-state index >= 15 is 0 Å². The van der Waals surface area contributed by atoms with Gasteiger partial charge in [-0.1, -0.05) is 136 Å². The van der Waals surface area contributed by atoms with E-state index in [1.54, 1.807) is 16.7 Å². The van der Waals surface area contributed by atoms with Crippen LogP contribution in [0.1, 0.15) is 215 Å². The molecule has 7 nitrogen and oxygen atoms in total. The molecule has 13 heteroatoms. The van der Waals surface area contributed by atoms with Gasteiger partial charge < -0.3 is 10.1 Å². The van der Waals surface area contributed by atoms with Crippen molar-refractivity contribution in [2.75, 3.05) is 0 Å². The van der Waals surface area contributed by atoms with Gasteiger partial charge in [-0.25, -0.2) is 9.59 Å². The average Bonchev–Trinajstić information content (AvgIpc) is 4.31. The number of carbonyl (C=O) groups is 2. The van der Waals surface area contributed by atoms with E-state index in [9.17, 15) is 9.59 Å². The number of esters is 1. The summed E-state index contributed by atoms with van der Waals surface area (Å²) in [4.78, 5) is 40.5. The molecule has 0 bridgehead atoms. The molecule has 416 valence electrons. The fourth-order valence-electron chi connectivity index (χ4n) is 10.7. The maximum absolute atomic E-state index is 11.9. The molecule has 0 spiro atoms. The minimum atomic E-state index is -0.650. The molecular weight excluding hydrogens is 1070 g/mol. The average molecular weight is 1150 g/mol. The Morgan fingerprint density at radius 2 is 0.870 bits per heavy atom. The molecule has 1 aliphatic heterocycles. The van der Waals surface area contributed by atoms with Gasteiger partial charge in [-0.15, -0.1) is 73.1 Å². The zero-order chi connectivity index (χ0) is 53.9. The van der Waals surface area contributed by atoms with Crippen molar-refractivity contribution in [3.63, 3.8) is 0 Å². The molecule has 1 fully saturated rings. The summed E-state index contributed by atoms with van der Waals surface area (Å²) >= 11 is 12.1. The molecule has 0 saturated carbocycles. The van der Waals surface area contributed by atoms with E-state index in [0.717, 1.165) is 49.1 Å². The number of cyclic esters (lactones) is 2. The Bertz CT molecular complexity index is 2920. The van der Waals surface area contributed by atoms with Crippen molar-refractivity contribution < 1.29 is 14.3 Å². The molecule has 1 atom stereocenters. The highest BCUT2D eigenvalue weighted by Gasteiger charge is 2.32. The van der Waals surface area contributed by atoms with Gasteiger partial charge in [0.1, 0.15) is 11.7 Å². The number of amides is 1. The van der Waals surface area contributed by atoms with Gasteiger partial charge in [-0.05, 0) is 161 Å². The summed E-state index contributed by atoms with van der Waals surface area (Å²) in [6, 6.07) is 17.0. The first-order valence-corrected chi connectivity index (χ1v) is 34.7. The molecule has 8 rings (SSSR count). The molecule has 8 heterocycles. The molecule has 1 aliphatic rings. The van der Waals surface area contributed by atoms with E-state index < -0.39 is 18.1 Å². The van der Waals surface area contributed by atoms with Crippen molar-refractivity contribution in [2.24, 2.45) is 0 Å². The first-order valence-electron chi connectivity index (χ1n) is 29.8. The number of nitrogens with zero attached hydrogens (tertiary/aromatic N) is 3. The quantitative estimate of drug-likeness (QED) is 0.0240. The Morgan fingerprint density at radius 1 is 0.468 bits per heavy atom. The molecule has 1 saturated heterocycles. The van der Waals surface area contributed by atoms with Crippen LogP contribution < -0.4 is 5.32 Å². The summed E-state index contributed by atoms with van der Waals surface area (Å²) in [6.45, 7) is 14.6. The molecule has 7 aromatic heterocycles. The summed E-state index contributed by atoms with van der Waals surface area (Å²) in [6.07, 6.45) is 34.7. The number of ether oxygens (including phenoxy) is 1. The molecule has 0 aromatic carbocycles. The molecule has 0 radical (unpaired) electrons. The highest BCUT2D eigenvalue weighted by molar-refractivity contribution is 7.31. The zero-order valence-electron chi connectivity index (χ0n) is 47.2. The van der Waals surface area contributed by atoms with Gasteiger partial charge in [0.25, 0.3) is 0 Å². The Kier molecular flexibility index (Phi) is 23.7. The van der Waals surface area contributed by atoms with Gasteiger partial charge in [0.2, 0.25) is 0 Å². The van der Waals surface area contributed by atoms with Gasteiger partial charge in [-0.3, -0.25) is 4.68 Å². The van der Waals surface area contributed by atoms with Crippen LogP contribution >= 0.6 is 68.0 Å². The van der Waals surface area contributed by atoms with Crippen LogP contribution in [-0.4, -0.2) is 33.1 Å². The van der Waals surface area contributed by atoms with Gasteiger partial charge in [-0.2, -0.15) is 0 Å². The number of nitrogens with one attached hydrogen (secondary N) is 1. The fourth-order valence-corrected chi connectivity index (χ4v) is 18.3. The molecule has 1 N–H and O–H groups in total. The van der Waals surface area contributed by atoms with Crippen LogP contribution in [-0.2, 0) is 48.2 Å². The molecular formula is C64H86N4O3S6. The smallest absolute Gasteiger partial charge is 0.375 e. The second-order valence-corrected chi connectivity index (χ2v) is 28.1. The molecule has 0 unspecified atom stereocenters. The third-order valence-electron chi connectivity index (χ3n) is 15.1. The van der Waals surface area contributed by atoms with Crippen molar-refractivity contribution >= 4 is 80.1 Å². The fraction of sp³-hybridized carbons (Fsp3) is 0.562.